The average Bonchev–Trinajstić information content (AvgIpc) is 2.17. The third-order valence-corrected chi connectivity index (χ3v) is 1.97. The first-order valence-electron chi connectivity index (χ1n) is 4.37. The Bertz CT molecular complexity index is 270. The summed E-state index contributed by atoms with van der Waals surface area (Å²) in [6, 6.07) is 3.78. The fourth-order valence-corrected chi connectivity index (χ4v) is 0.976. The van der Waals surface area contributed by atoms with Crippen molar-refractivity contribution in [2.75, 3.05) is 0 Å². The van der Waals surface area contributed by atoms with Crippen LogP contribution < -0.4 is 0 Å². The summed E-state index contributed by atoms with van der Waals surface area (Å²) in [5, 5.41) is 7.72. The van der Waals surface area contributed by atoms with Gasteiger partial charge in [0.1, 0.15) is 6.29 Å². The second-order valence-electron chi connectivity index (χ2n) is 3.82. The van der Waals surface area contributed by atoms with Crippen LogP contribution in [0.1, 0.15) is 26.0 Å². The van der Waals surface area contributed by atoms with Crippen LogP contribution in [-0.4, -0.2) is 16.5 Å². The van der Waals surface area contributed by atoms with Crippen LogP contribution in [0.2, 0.25) is 0 Å². The number of carbonyl (C=O) groups excluding carboxylic acids is 1. The predicted molar refractivity (Wildman–Crippen MR) is 50.2 cm³/mol. The molecular weight excluding hydrogens is 164 g/mol. The topological polar surface area (TPSA) is 42.9 Å². The monoisotopic (exact) mass is 178 g/mol. The lowest BCUT2D eigenvalue weighted by Crippen LogP contribution is -2.14. The van der Waals surface area contributed by atoms with Gasteiger partial charge < -0.3 is 4.79 Å². The van der Waals surface area contributed by atoms with Gasteiger partial charge in [0, 0.05) is 11.6 Å². The van der Waals surface area contributed by atoms with Gasteiger partial charge in [0.2, 0.25) is 0 Å². The molecule has 3 nitrogen and oxygen atoms in total. The molecule has 0 N–H and O–H groups in total. The number of aromatic nitrogens is 2. The van der Waals surface area contributed by atoms with Crippen LogP contribution in [0.3, 0.4) is 0 Å². The number of aldehydes is 1. The molecule has 0 saturated carbocycles. The van der Waals surface area contributed by atoms with Crippen LogP contribution >= 0.6 is 0 Å². The van der Waals surface area contributed by atoms with Gasteiger partial charge in [-0.1, -0.05) is 13.8 Å². The van der Waals surface area contributed by atoms with Gasteiger partial charge in [-0.3, -0.25) is 0 Å². The molecule has 1 aromatic rings. The molecule has 0 radical (unpaired) electrons. The number of rotatable bonds is 4. The number of carbonyl (C=O) groups is 1. The highest BCUT2D eigenvalue weighted by atomic mass is 16.1. The van der Waals surface area contributed by atoms with Gasteiger partial charge in [-0.15, -0.1) is 0 Å². The highest BCUT2D eigenvalue weighted by Crippen LogP contribution is 2.18. The minimum absolute atomic E-state index is 0.252. The number of hydrogen-bond donors (Lipinski definition) is 0. The highest BCUT2D eigenvalue weighted by Gasteiger charge is 2.16. The minimum atomic E-state index is -0.252. The number of aryl methyl sites for hydroxylation is 1. The van der Waals surface area contributed by atoms with E-state index in [4.69, 9.17) is 0 Å². The number of hydrogen-bond acceptors (Lipinski definition) is 3. The van der Waals surface area contributed by atoms with E-state index >= 15 is 0 Å². The van der Waals surface area contributed by atoms with Gasteiger partial charge in [-0.25, -0.2) is 0 Å². The molecule has 3 heteroatoms. The van der Waals surface area contributed by atoms with Crippen LogP contribution in [0.15, 0.2) is 18.3 Å². The van der Waals surface area contributed by atoms with E-state index < -0.39 is 0 Å². The van der Waals surface area contributed by atoms with Crippen LogP contribution in [0.25, 0.3) is 0 Å². The van der Waals surface area contributed by atoms with Crippen molar-refractivity contribution in [3.63, 3.8) is 0 Å². The summed E-state index contributed by atoms with van der Waals surface area (Å²) < 4.78 is 0. The molecule has 0 aliphatic heterocycles. The van der Waals surface area contributed by atoms with Gasteiger partial charge in [-0.2, -0.15) is 10.2 Å². The molecule has 1 heterocycles. The Kier molecular flexibility index (Phi) is 3.12. The van der Waals surface area contributed by atoms with Crippen LogP contribution in [0.5, 0.6) is 0 Å². The lowest BCUT2D eigenvalue weighted by atomic mass is 9.89. The van der Waals surface area contributed by atoms with Crippen molar-refractivity contribution in [1.82, 2.24) is 10.2 Å². The Balaban J connectivity index is 2.48. The number of nitrogens with zero attached hydrogens (tertiary/aromatic N) is 2. The second kappa shape index (κ2) is 4.12. The van der Waals surface area contributed by atoms with E-state index in [1.54, 1.807) is 6.20 Å². The van der Waals surface area contributed by atoms with Crippen LogP contribution in [0, 0.1) is 5.41 Å². The molecule has 0 bridgehead atoms. The van der Waals surface area contributed by atoms with E-state index in [-0.39, 0.29) is 5.41 Å². The summed E-state index contributed by atoms with van der Waals surface area (Å²) >= 11 is 0. The lowest BCUT2D eigenvalue weighted by molar-refractivity contribution is -0.114. The zero-order valence-corrected chi connectivity index (χ0v) is 8.03. The first-order chi connectivity index (χ1) is 6.14. The second-order valence-corrected chi connectivity index (χ2v) is 3.82. The van der Waals surface area contributed by atoms with Crippen LogP contribution in [-0.2, 0) is 11.2 Å². The van der Waals surface area contributed by atoms with Gasteiger partial charge in [0.25, 0.3) is 0 Å². The molecule has 0 amide bonds. The maximum atomic E-state index is 10.6. The van der Waals surface area contributed by atoms with Gasteiger partial charge in [-0.05, 0) is 25.0 Å². The summed E-state index contributed by atoms with van der Waals surface area (Å²) in [5.74, 6) is 0. The summed E-state index contributed by atoms with van der Waals surface area (Å²) in [6.07, 6.45) is 4.26. The molecule has 0 aliphatic rings. The molecule has 0 spiro atoms. The zero-order chi connectivity index (χ0) is 9.73. The van der Waals surface area contributed by atoms with Gasteiger partial charge >= 0.3 is 0 Å². The van der Waals surface area contributed by atoms with Crippen molar-refractivity contribution in [1.29, 1.82) is 0 Å². The fourth-order valence-electron chi connectivity index (χ4n) is 0.976. The normalized spacial score (nSPS) is 11.2. The summed E-state index contributed by atoms with van der Waals surface area (Å²) in [7, 11) is 0. The zero-order valence-electron chi connectivity index (χ0n) is 8.03. The lowest BCUT2D eigenvalue weighted by Gasteiger charge is -2.15. The molecule has 70 valence electrons. The summed E-state index contributed by atoms with van der Waals surface area (Å²) in [6.45, 7) is 3.85. The largest absolute Gasteiger partial charge is 0.303 e. The molecule has 0 aromatic carbocycles. The first kappa shape index (κ1) is 9.84. The molecule has 0 aliphatic carbocycles. The Morgan fingerprint density at radius 1 is 1.54 bits per heavy atom. The van der Waals surface area contributed by atoms with Crippen molar-refractivity contribution in [3.8, 4) is 0 Å². The molecular formula is C10H14N2O. The Morgan fingerprint density at radius 2 is 2.31 bits per heavy atom. The molecule has 1 rings (SSSR count). The van der Waals surface area contributed by atoms with Crippen molar-refractivity contribution in [2.45, 2.75) is 26.7 Å². The Morgan fingerprint density at radius 3 is 2.85 bits per heavy atom. The molecule has 0 atom stereocenters. The van der Waals surface area contributed by atoms with E-state index in [2.05, 4.69) is 10.2 Å². The highest BCUT2D eigenvalue weighted by molar-refractivity contribution is 5.57. The van der Waals surface area contributed by atoms with E-state index in [0.717, 1.165) is 24.8 Å². The first-order valence-corrected chi connectivity index (χ1v) is 4.37. The minimum Gasteiger partial charge on any atom is -0.303 e. The maximum Gasteiger partial charge on any atom is 0.125 e. The van der Waals surface area contributed by atoms with E-state index in [0.29, 0.717) is 0 Å². The van der Waals surface area contributed by atoms with Crippen LogP contribution in [0.4, 0.5) is 0 Å². The molecule has 1 aromatic heterocycles. The van der Waals surface area contributed by atoms with E-state index in [1.165, 1.54) is 0 Å². The fraction of sp³-hybridized carbons (Fsp3) is 0.500. The predicted octanol–water partition coefficient (Wildman–Crippen LogP) is 1.63. The maximum absolute atomic E-state index is 10.6. The molecule has 0 unspecified atom stereocenters. The molecule has 0 saturated heterocycles. The Labute approximate surface area is 78.2 Å². The van der Waals surface area contributed by atoms with E-state index in [9.17, 15) is 4.79 Å². The van der Waals surface area contributed by atoms with Crippen molar-refractivity contribution in [3.05, 3.63) is 24.0 Å². The summed E-state index contributed by atoms with van der Waals surface area (Å²) in [5.41, 5.74) is 0.690. The summed E-state index contributed by atoms with van der Waals surface area (Å²) in [4.78, 5) is 10.6. The third-order valence-electron chi connectivity index (χ3n) is 1.97. The van der Waals surface area contributed by atoms with Crippen molar-refractivity contribution >= 4 is 6.29 Å². The smallest absolute Gasteiger partial charge is 0.125 e. The average molecular weight is 178 g/mol. The van der Waals surface area contributed by atoms with Gasteiger partial charge in [0.15, 0.2) is 0 Å². The quantitative estimate of drug-likeness (QED) is 0.658. The van der Waals surface area contributed by atoms with Crippen molar-refractivity contribution in [2.24, 2.45) is 5.41 Å². The molecule has 0 fully saturated rings. The standard InChI is InChI=1S/C10H14N2O/c1-10(2,8-13)6-5-9-4-3-7-11-12-9/h3-4,7-8H,5-6H2,1-2H3. The third kappa shape index (κ3) is 3.32. The van der Waals surface area contributed by atoms with E-state index in [1.807, 2.05) is 26.0 Å². The molecule has 13 heavy (non-hydrogen) atoms. The SMILES string of the molecule is CC(C)(C=O)CCc1cccnn1. The van der Waals surface area contributed by atoms with Gasteiger partial charge in [0.05, 0.1) is 5.69 Å². The Hall–Kier alpha value is -1.25. The van der Waals surface area contributed by atoms with Crippen molar-refractivity contribution < 1.29 is 4.79 Å².